The van der Waals surface area contributed by atoms with Gasteiger partial charge in [0.05, 0.1) is 108 Å². The highest BCUT2D eigenvalue weighted by Crippen LogP contribution is 2.58. The van der Waals surface area contributed by atoms with Crippen LogP contribution in [0.3, 0.4) is 0 Å². The first-order valence-electron chi connectivity index (χ1n) is 64.1. The number of hydrogen-bond acceptors (Lipinski definition) is 2. The molecular formula is C122H122BN5. The van der Waals surface area contributed by atoms with Gasteiger partial charge in [-0.15, -0.1) is 0 Å². The Balaban J connectivity index is 1.21. The fourth-order valence-corrected chi connectivity index (χ4v) is 17.3. The van der Waals surface area contributed by atoms with E-state index in [9.17, 15) is 57.6 Å². The standard InChI is InChI=1S/C122H122BN5/c1-115(2,3)78-53-49-75(50-54-78)95-66-83(120(16,17)18)68-97(77-63-81(118(10,11)12)65-82(64-77)119(13,14)15)113(95)127-108-71-85(124-102-43-31-25-37-89(102)90-38-26-32-44-103(90)124)58-61-100(108)123-101-62-59-86(125-104-45-33-27-39-91(104)92-40-28-34-46-105(92)125)72-109(101)128(111-74-87(73-110(127)112(111)123)126-106-47-35-29-41-93(106)94-42-30-36-48-107(94)126)114-96(76-51-55-79(56-52-76)116(4,5)6)67-84(121(19,20)21)69-98(114)88-60-57-80(117(7,8)9)70-99(88)122(22,23)24/h25-74H,1-24H3/i25D,26D,27D,28D,29D,30D,31D,32D,33D,34D,35D,36D,37D,38D,39D,40D,41D,42D,43D,44D,45D,46D,47D,48D,49D,50D,51D,52D,53D,54D,55D,56D,57D,60D,63D,64D,65D,66D,67D,68D,69D,70D. The third kappa shape index (κ3) is 13.9. The van der Waals surface area contributed by atoms with Gasteiger partial charge in [0.1, 0.15) is 0 Å². The highest BCUT2D eigenvalue weighted by Gasteiger charge is 2.47. The highest BCUT2D eigenvalue weighted by atomic mass is 15.2. The predicted molar refractivity (Wildman–Crippen MR) is 555 cm³/mol. The average Bonchev–Trinajstić information content (AvgIpc) is 0.972. The summed E-state index contributed by atoms with van der Waals surface area (Å²) in [5, 5.41) is -3.04. The van der Waals surface area contributed by atoms with Crippen molar-refractivity contribution in [1.82, 2.24) is 13.7 Å². The Morgan fingerprint density at radius 1 is 0.227 bits per heavy atom. The zero-order valence-electron chi connectivity index (χ0n) is 118. The minimum Gasteiger partial charge on any atom is -0.310 e. The highest BCUT2D eigenvalue weighted by molar-refractivity contribution is 7.00. The lowest BCUT2D eigenvalue weighted by molar-refractivity contribution is 0.568. The largest absolute Gasteiger partial charge is 0.310 e. The molecule has 0 N–H and O–H groups in total. The van der Waals surface area contributed by atoms with Crippen LogP contribution in [0, 0.1) is 0 Å². The van der Waals surface area contributed by atoms with E-state index in [2.05, 4.69) is 0 Å². The maximum atomic E-state index is 12.0. The molecule has 638 valence electrons. The fourth-order valence-electron chi connectivity index (χ4n) is 17.3. The second-order valence-electron chi connectivity index (χ2n) is 41.8. The van der Waals surface area contributed by atoms with Gasteiger partial charge in [-0.1, -0.05) is 372 Å². The van der Waals surface area contributed by atoms with Gasteiger partial charge in [0.15, 0.2) is 0 Å². The van der Waals surface area contributed by atoms with Crippen molar-refractivity contribution in [1.29, 1.82) is 0 Å². The van der Waals surface area contributed by atoms with Gasteiger partial charge in [-0.2, -0.15) is 0 Å². The van der Waals surface area contributed by atoms with Crippen LogP contribution in [0.25, 0.3) is 127 Å². The molecule has 20 rings (SSSR count). The molecule has 3 aromatic heterocycles. The van der Waals surface area contributed by atoms with Gasteiger partial charge < -0.3 is 23.5 Å². The molecule has 0 spiro atoms. The van der Waals surface area contributed by atoms with Crippen LogP contribution in [-0.2, 0) is 43.3 Å². The van der Waals surface area contributed by atoms with Gasteiger partial charge in [-0.25, -0.2) is 0 Å². The van der Waals surface area contributed by atoms with Gasteiger partial charge >= 0.3 is 0 Å². The molecule has 0 atom stereocenters. The number of hydrogen-bond donors (Lipinski definition) is 0. The minimum atomic E-state index is -1.85. The molecule has 0 unspecified atom stereocenters. The molecule has 0 amide bonds. The summed E-state index contributed by atoms with van der Waals surface area (Å²) in [5.74, 6) is 0. The van der Waals surface area contributed by atoms with Gasteiger partial charge in [-0.05, 0) is 223 Å². The molecule has 5 heterocycles. The Labute approximate surface area is 818 Å². The first kappa shape index (κ1) is 48.5. The van der Waals surface area contributed by atoms with Crippen molar-refractivity contribution in [3.8, 4) is 61.6 Å². The van der Waals surface area contributed by atoms with Crippen LogP contribution in [0.2, 0.25) is 0 Å². The van der Waals surface area contributed by atoms with Gasteiger partial charge in [-0.3, -0.25) is 0 Å². The van der Waals surface area contributed by atoms with E-state index < -0.39 is 436 Å². The third-order valence-corrected chi connectivity index (χ3v) is 24.1. The van der Waals surface area contributed by atoms with Crippen LogP contribution in [-0.4, -0.2) is 20.4 Å². The van der Waals surface area contributed by atoms with Crippen molar-refractivity contribution in [2.75, 3.05) is 9.80 Å². The van der Waals surface area contributed by atoms with Crippen molar-refractivity contribution in [2.45, 2.75) is 209 Å². The second-order valence-corrected chi connectivity index (χ2v) is 41.8. The quantitative estimate of drug-likeness (QED) is 0.134. The van der Waals surface area contributed by atoms with E-state index in [-0.39, 0.29) is 90.0 Å². The Morgan fingerprint density at radius 3 is 0.836 bits per heavy atom. The molecule has 0 radical (unpaired) electrons. The molecule has 0 bridgehead atoms. The van der Waals surface area contributed by atoms with Gasteiger partial charge in [0.25, 0.3) is 6.71 Å². The van der Waals surface area contributed by atoms with Crippen molar-refractivity contribution >= 4 is 123 Å². The van der Waals surface area contributed by atoms with Crippen LogP contribution in [0.1, 0.15) is 268 Å². The number of anilines is 6. The zero-order valence-corrected chi connectivity index (χ0v) is 76.4. The first-order chi connectivity index (χ1) is 78.1. The van der Waals surface area contributed by atoms with Crippen molar-refractivity contribution in [2.24, 2.45) is 0 Å². The third-order valence-electron chi connectivity index (χ3n) is 24.1. The van der Waals surface area contributed by atoms with Gasteiger partial charge in [0.2, 0.25) is 0 Å². The number of para-hydroxylation sites is 6. The smallest absolute Gasteiger partial charge is 0.252 e. The molecule has 0 saturated carbocycles. The summed E-state index contributed by atoms with van der Waals surface area (Å²) < 4.78 is 443. The van der Waals surface area contributed by atoms with Crippen molar-refractivity contribution in [3.63, 3.8) is 0 Å². The molecule has 2 aliphatic heterocycles. The summed E-state index contributed by atoms with van der Waals surface area (Å²) in [6, 6.07) is -22.9. The Morgan fingerprint density at radius 2 is 0.508 bits per heavy atom. The summed E-state index contributed by atoms with van der Waals surface area (Å²) in [7, 11) is 0. The second kappa shape index (κ2) is 29.5. The van der Waals surface area contributed by atoms with Crippen LogP contribution >= 0.6 is 0 Å². The fraction of sp³-hybridized carbons (Fsp3) is 0.262. The Hall–Kier alpha value is -12.6. The van der Waals surface area contributed by atoms with E-state index >= 15 is 0 Å². The lowest BCUT2D eigenvalue weighted by Crippen LogP contribution is -2.61. The van der Waals surface area contributed by atoms with E-state index in [0.717, 1.165) is 13.7 Å². The number of benzene rings is 15. The Bertz CT molecular complexity index is 9930. The number of fused-ring (bicyclic) bond motifs is 13. The molecule has 128 heavy (non-hydrogen) atoms. The molecule has 0 saturated heterocycles. The SMILES string of the molecule is [2H]c1c([2H])c(C(C)(C)C)c([2H])c([2H])c1-c1c([2H])c(C(C)(C)C)c([2H])c(-c2c([2H])c(C(C)(C)C)c([2H])c(C(C)(C)C)c2[2H])c1N1c2cc(-n3c4c([2H])c([2H])c([2H])c([2H])c4c4c([2H])c([2H])c([2H])c([2H])c43)ccc2B2c3ccc(-n4c5c([2H])c([2H])c([2H])c([2H])c5c5c([2H])c([2H])c([2H])c([2H])c54)cc3N(c3c(-c4c([2H])c([2H])c(C(C)(C)C)c([2H])c4[2H])c([2H])c(C(C)(C)C)c([2H])c3-c3c([2H])c([2H])c(C(C)(C)C)c([2H])c3C(C)(C)C)c3cc(-n4c5c([2H])c([2H])c([2H])c([2H])c5c5c([2H])c([2H])c([2H])c([2H])c54)cc1c32. The normalized spacial score (nSPS) is 18.2. The van der Waals surface area contributed by atoms with Crippen LogP contribution in [0.4, 0.5) is 34.1 Å². The molecular weight excluding hydrogens is 1550 g/mol. The molecule has 15 aromatic carbocycles. The average molecular weight is 1710 g/mol. The Kier molecular flexibility index (Phi) is 11.2. The van der Waals surface area contributed by atoms with Crippen LogP contribution in [0.5, 0.6) is 0 Å². The minimum absolute atomic E-state index is 0.0141. The van der Waals surface area contributed by atoms with Crippen molar-refractivity contribution in [3.05, 3.63) is 347 Å². The topological polar surface area (TPSA) is 21.3 Å². The summed E-state index contributed by atoms with van der Waals surface area (Å²) >= 11 is 0. The van der Waals surface area contributed by atoms with E-state index in [1.165, 1.54) is 58.3 Å². The van der Waals surface area contributed by atoms with Crippen molar-refractivity contribution < 1.29 is 57.6 Å². The monoisotopic (exact) mass is 1710 g/mol. The molecule has 2 aliphatic rings. The summed E-state index contributed by atoms with van der Waals surface area (Å²) in [6.07, 6.45) is 0. The van der Waals surface area contributed by atoms with E-state index in [0.29, 0.717) is 0 Å². The molecule has 0 aliphatic carbocycles. The zero-order chi connectivity index (χ0) is 126. The van der Waals surface area contributed by atoms with E-state index in [1.807, 2.05) is 0 Å². The molecule has 0 fully saturated rings. The first-order valence-corrected chi connectivity index (χ1v) is 43.1. The number of aromatic nitrogens is 3. The van der Waals surface area contributed by atoms with Crippen LogP contribution in [0.15, 0.2) is 302 Å². The molecule has 5 nitrogen and oxygen atoms in total. The summed E-state index contributed by atoms with van der Waals surface area (Å²) in [5.41, 5.74) is -25.7. The lowest BCUT2D eigenvalue weighted by atomic mass is 9.33. The maximum Gasteiger partial charge on any atom is 0.252 e. The number of rotatable bonds is 9. The molecule has 18 aromatic rings. The van der Waals surface area contributed by atoms with E-state index in [1.54, 1.807) is 166 Å². The maximum absolute atomic E-state index is 12.0. The predicted octanol–water partition coefficient (Wildman–Crippen LogP) is 32.1. The summed E-state index contributed by atoms with van der Waals surface area (Å²) in [4.78, 5) is 2.67. The van der Waals surface area contributed by atoms with Crippen LogP contribution < -0.4 is 26.2 Å². The molecule has 6 heteroatoms. The van der Waals surface area contributed by atoms with Gasteiger partial charge in [0, 0.05) is 88.7 Å². The van der Waals surface area contributed by atoms with E-state index in [4.69, 9.17) is 0 Å². The number of nitrogens with zero attached hydrogens (tertiary/aromatic N) is 5. The lowest BCUT2D eigenvalue weighted by Gasteiger charge is -2.46. The summed E-state index contributed by atoms with van der Waals surface area (Å²) in [6.45, 7) is 38.2.